The Hall–Kier alpha value is -1.39. The van der Waals surface area contributed by atoms with Gasteiger partial charge in [0, 0.05) is 0 Å². The summed E-state index contributed by atoms with van der Waals surface area (Å²) in [5, 5.41) is 108. The van der Waals surface area contributed by atoms with E-state index < -0.39 is 128 Å². The number of carboxylic acids is 1. The van der Waals surface area contributed by atoms with E-state index in [0.717, 1.165) is 57.8 Å². The summed E-state index contributed by atoms with van der Waals surface area (Å²) in [4.78, 5) is 12.9. The second-order valence-corrected chi connectivity index (χ2v) is 22.2. The third-order valence-corrected chi connectivity index (χ3v) is 17.9. The second kappa shape index (κ2) is 17.6. The number of carboxylic acid groups (broad SMARTS) is 1. The Bertz CT molecular complexity index is 1680. The molecule has 0 bridgehead atoms. The molecule has 3 saturated heterocycles. The van der Waals surface area contributed by atoms with Crippen LogP contribution in [0, 0.1) is 51.2 Å². The van der Waals surface area contributed by atoms with E-state index in [1.807, 2.05) is 0 Å². The minimum absolute atomic E-state index is 0.0352. The van der Waals surface area contributed by atoms with Crippen LogP contribution in [0.3, 0.4) is 0 Å². The monoisotopic (exact) mass is 898 g/mol. The van der Waals surface area contributed by atoms with Gasteiger partial charge in [0.05, 0.1) is 30.8 Å². The Labute approximate surface area is 369 Å². The number of hydrogen-bond donors (Lipinski definition) is 10. The van der Waals surface area contributed by atoms with Gasteiger partial charge < -0.3 is 79.5 Å². The lowest BCUT2D eigenvalue weighted by Crippen LogP contribution is -2.67. The van der Waals surface area contributed by atoms with Crippen LogP contribution in [0.15, 0.2) is 11.6 Å². The predicted octanol–water partition coefficient (Wildman–Crippen LogP) is 0.954. The molecule has 0 radical (unpaired) electrons. The molecule has 8 aliphatic rings. The zero-order chi connectivity index (χ0) is 45.7. The molecule has 8 rings (SSSR count). The first-order chi connectivity index (χ1) is 29.6. The summed E-state index contributed by atoms with van der Waals surface area (Å²) in [6, 6.07) is 0. The number of carbonyl (C=O) groups is 1. The van der Waals surface area contributed by atoms with Crippen LogP contribution in [0.25, 0.3) is 0 Å². The lowest BCUT2D eigenvalue weighted by molar-refractivity contribution is -0.391. The third kappa shape index (κ3) is 8.07. The van der Waals surface area contributed by atoms with Gasteiger partial charge in [0.25, 0.3) is 0 Å². The van der Waals surface area contributed by atoms with Crippen LogP contribution in [0.1, 0.15) is 106 Å². The molecule has 4 saturated carbocycles. The number of allylic oxidation sites excluding steroid dienone is 2. The van der Waals surface area contributed by atoms with Crippen LogP contribution in [-0.2, 0) is 33.2 Å². The van der Waals surface area contributed by atoms with E-state index in [2.05, 4.69) is 40.7 Å². The molecule has 0 spiro atoms. The fourth-order valence-electron chi connectivity index (χ4n) is 14.2. The van der Waals surface area contributed by atoms with Crippen molar-refractivity contribution in [3.8, 4) is 0 Å². The second-order valence-electron chi connectivity index (χ2n) is 22.2. The van der Waals surface area contributed by atoms with Crippen molar-refractivity contribution in [2.24, 2.45) is 51.2 Å². The Morgan fingerprint density at radius 3 is 2.02 bits per heavy atom. The smallest absolute Gasteiger partial charge is 0.310 e. The van der Waals surface area contributed by atoms with Crippen LogP contribution in [-0.4, -0.2) is 168 Å². The van der Waals surface area contributed by atoms with Crippen LogP contribution >= 0.6 is 0 Å². The normalized spacial score (nSPS) is 52.9. The molecule has 17 heteroatoms. The fourth-order valence-corrected chi connectivity index (χ4v) is 14.2. The summed E-state index contributed by atoms with van der Waals surface area (Å²) in [6.45, 7) is 11.3. The molecule has 17 nitrogen and oxygen atoms in total. The van der Waals surface area contributed by atoms with Crippen molar-refractivity contribution in [3.05, 3.63) is 11.6 Å². The molecule has 5 aliphatic carbocycles. The lowest BCUT2D eigenvalue weighted by Gasteiger charge is -2.65. The van der Waals surface area contributed by atoms with E-state index in [0.29, 0.717) is 24.2 Å². The topological polar surface area (TPSA) is 275 Å². The molecule has 0 aromatic carbocycles. The summed E-state index contributed by atoms with van der Waals surface area (Å²) in [5.41, 5.74) is 0.384. The van der Waals surface area contributed by atoms with Crippen LogP contribution in [0.5, 0.6) is 0 Å². The van der Waals surface area contributed by atoms with Crippen LogP contribution in [0.2, 0.25) is 0 Å². The highest BCUT2D eigenvalue weighted by atomic mass is 16.8. The van der Waals surface area contributed by atoms with Crippen molar-refractivity contribution in [1.29, 1.82) is 0 Å². The first kappa shape index (κ1) is 48.1. The molecule has 7 fully saturated rings. The number of aliphatic hydroxyl groups excluding tert-OH is 9. The van der Waals surface area contributed by atoms with Gasteiger partial charge in [-0.3, -0.25) is 4.79 Å². The van der Waals surface area contributed by atoms with E-state index >= 15 is 0 Å². The molecule has 360 valence electrons. The summed E-state index contributed by atoms with van der Waals surface area (Å²) in [6.07, 6.45) is -13.0. The number of aliphatic hydroxyl groups is 9. The van der Waals surface area contributed by atoms with E-state index in [1.54, 1.807) is 0 Å². The van der Waals surface area contributed by atoms with Gasteiger partial charge in [0.1, 0.15) is 67.1 Å². The average Bonchev–Trinajstić information content (AvgIpc) is 3.24. The highest BCUT2D eigenvalue weighted by Gasteiger charge is 2.64. The Balaban J connectivity index is 0.991. The van der Waals surface area contributed by atoms with Crippen molar-refractivity contribution in [2.45, 2.75) is 204 Å². The molecule has 3 heterocycles. The lowest BCUT2D eigenvalue weighted by atomic mass is 9.41. The number of fused-ring (bicyclic) bond motifs is 7. The first-order valence-corrected chi connectivity index (χ1v) is 23.4. The Morgan fingerprint density at radius 1 is 0.683 bits per heavy atom. The van der Waals surface area contributed by atoms with Crippen LogP contribution < -0.4 is 0 Å². The van der Waals surface area contributed by atoms with Gasteiger partial charge in [-0.25, -0.2) is 0 Å². The van der Waals surface area contributed by atoms with Crippen LogP contribution in [0.4, 0.5) is 0 Å². The fraction of sp³-hybridized carbons (Fsp3) is 0.935. The van der Waals surface area contributed by atoms with Gasteiger partial charge in [-0.1, -0.05) is 46.3 Å². The van der Waals surface area contributed by atoms with Crippen molar-refractivity contribution in [3.63, 3.8) is 0 Å². The molecular formula is C46H74O17. The molecule has 63 heavy (non-hydrogen) atoms. The zero-order valence-electron chi connectivity index (χ0n) is 37.5. The maximum atomic E-state index is 12.9. The molecule has 23 atom stereocenters. The van der Waals surface area contributed by atoms with Crippen molar-refractivity contribution in [1.82, 2.24) is 0 Å². The summed E-state index contributed by atoms with van der Waals surface area (Å²) in [7, 11) is 0. The zero-order valence-corrected chi connectivity index (χ0v) is 37.5. The van der Waals surface area contributed by atoms with Gasteiger partial charge in [-0.15, -0.1) is 0 Å². The van der Waals surface area contributed by atoms with Crippen molar-refractivity contribution < 1.29 is 84.3 Å². The number of hydrogen-bond acceptors (Lipinski definition) is 16. The maximum absolute atomic E-state index is 12.9. The van der Waals surface area contributed by atoms with Crippen molar-refractivity contribution in [2.75, 3.05) is 13.2 Å². The van der Waals surface area contributed by atoms with Gasteiger partial charge in [0.2, 0.25) is 0 Å². The Morgan fingerprint density at radius 2 is 1.33 bits per heavy atom. The molecule has 2 unspecified atom stereocenters. The average molecular weight is 899 g/mol. The highest BCUT2D eigenvalue weighted by molar-refractivity contribution is 5.76. The molecular weight excluding hydrogens is 824 g/mol. The predicted molar refractivity (Wildman–Crippen MR) is 220 cm³/mol. The number of ether oxygens (including phenoxy) is 6. The number of aliphatic carboxylic acids is 1. The standard InChI is InChI=1S/C46H74O17/c1-20-30(49)33(52)35(54)39(58-20)63-38-34(53)31(50)26(18-47)60-41(38)62-37-32(51)27(19-48)59-40(36(37)55)61-29-12-13-45(6)24-9-7-23-21(22(24)8-10-28(45)44(29,4)5)11-14-46(42(56)57)16-15-43(2,3)17-25(23)46/h7,20-22,24-41,47-55H,8-19H2,1-6H3,(H,56,57)/t20-,21-,22-,24-,25?,26+,27+,28?,29-,30-,31-,32+,33+,34-,35+,36+,37-,38+,39+,40-,41-,45+,46+/m0/s1. The molecule has 0 aromatic heterocycles. The van der Waals surface area contributed by atoms with E-state index in [4.69, 9.17) is 28.4 Å². The summed E-state index contributed by atoms with van der Waals surface area (Å²) >= 11 is 0. The van der Waals surface area contributed by atoms with E-state index in [1.165, 1.54) is 12.5 Å². The largest absolute Gasteiger partial charge is 0.481 e. The first-order valence-electron chi connectivity index (χ1n) is 23.4. The highest BCUT2D eigenvalue weighted by Crippen LogP contribution is 2.68. The molecule has 3 aliphatic heterocycles. The third-order valence-electron chi connectivity index (χ3n) is 17.9. The quantitative estimate of drug-likeness (QED) is 0.114. The molecule has 0 aromatic rings. The van der Waals surface area contributed by atoms with Gasteiger partial charge in [-0.2, -0.15) is 0 Å². The SMILES string of the molecule is C[C@@H]1O[C@H](O[C@H]2[C@H](O[C@@H]3[C@@H](O)[C@H](O[C@H]4CC[C@@]5(C)C(CC[C@H]6[C@@H]7CC[C@@]8(C(=O)O)CCC(C)(C)CC8C7=CC[C@@H]65)C4(C)C)O[C@H](CO)[C@H]3O)O[C@H](CO)[C@H](O)[C@@H]2O)[C@H](O)[C@H](O)[C@H]1O. The molecule has 0 amide bonds. The van der Waals surface area contributed by atoms with Crippen molar-refractivity contribution >= 4 is 5.97 Å². The maximum Gasteiger partial charge on any atom is 0.310 e. The van der Waals surface area contributed by atoms with Gasteiger partial charge >= 0.3 is 5.97 Å². The summed E-state index contributed by atoms with van der Waals surface area (Å²) in [5.74, 6) is 0.942. The van der Waals surface area contributed by atoms with Gasteiger partial charge in [0.15, 0.2) is 18.9 Å². The van der Waals surface area contributed by atoms with E-state index in [9.17, 15) is 55.9 Å². The number of rotatable bonds is 9. The molecule has 10 N–H and O–H groups in total. The van der Waals surface area contributed by atoms with E-state index in [-0.39, 0.29) is 22.7 Å². The minimum Gasteiger partial charge on any atom is -0.481 e. The van der Waals surface area contributed by atoms with Gasteiger partial charge in [-0.05, 0) is 117 Å². The summed E-state index contributed by atoms with van der Waals surface area (Å²) < 4.78 is 36.1. The minimum atomic E-state index is -1.83. The Kier molecular flexibility index (Phi) is 13.4.